The van der Waals surface area contributed by atoms with Gasteiger partial charge >= 0.3 is 0 Å². The number of hydrogen-bond donors (Lipinski definition) is 2. The lowest BCUT2D eigenvalue weighted by Crippen LogP contribution is -1.93. The van der Waals surface area contributed by atoms with Gasteiger partial charge in [0, 0.05) is 0 Å². The van der Waals surface area contributed by atoms with Crippen molar-refractivity contribution in [1.29, 1.82) is 0 Å². The standard InChI is InChI=1S/C20H29ClO3/c1-3-4-5-6-7-8-9-10-11-12-13-16-19(23)17(14-22)15(2)18(21)20(16)24/h12-14,23-24H,3-11H2,1-2H3/b13-12+. The molecule has 0 spiro atoms. The fourth-order valence-corrected chi connectivity index (χ4v) is 2.95. The first-order valence-corrected chi connectivity index (χ1v) is 9.28. The van der Waals surface area contributed by atoms with Crippen LogP contribution >= 0.6 is 11.6 Å². The molecule has 0 aromatic heterocycles. The van der Waals surface area contributed by atoms with Gasteiger partial charge in [-0.05, 0) is 25.3 Å². The second-order valence-electron chi connectivity index (χ2n) is 6.25. The van der Waals surface area contributed by atoms with Crippen LogP contribution in [-0.4, -0.2) is 16.5 Å². The number of phenols is 2. The Balaban J connectivity index is 2.48. The van der Waals surface area contributed by atoms with Crippen molar-refractivity contribution in [3.05, 3.63) is 27.8 Å². The molecule has 1 rings (SSSR count). The number of unbranched alkanes of at least 4 members (excludes halogenated alkanes) is 8. The first kappa shape index (κ1) is 20.6. The van der Waals surface area contributed by atoms with Crippen LogP contribution in [0.2, 0.25) is 5.02 Å². The zero-order valence-corrected chi connectivity index (χ0v) is 15.5. The lowest BCUT2D eigenvalue weighted by atomic mass is 10.0. The maximum Gasteiger partial charge on any atom is 0.154 e. The largest absolute Gasteiger partial charge is 0.506 e. The highest BCUT2D eigenvalue weighted by molar-refractivity contribution is 6.33. The summed E-state index contributed by atoms with van der Waals surface area (Å²) in [5, 5.41) is 20.3. The first-order valence-electron chi connectivity index (χ1n) is 8.90. The quantitative estimate of drug-likeness (QED) is 0.357. The number of allylic oxidation sites excluding steroid dienone is 1. The Hall–Kier alpha value is -1.48. The van der Waals surface area contributed by atoms with Gasteiger partial charge in [0.15, 0.2) is 6.29 Å². The van der Waals surface area contributed by atoms with Gasteiger partial charge < -0.3 is 10.2 Å². The zero-order valence-electron chi connectivity index (χ0n) is 14.8. The van der Waals surface area contributed by atoms with E-state index in [1.54, 1.807) is 13.0 Å². The molecule has 0 aliphatic rings. The van der Waals surface area contributed by atoms with Gasteiger partial charge in [-0.25, -0.2) is 0 Å². The van der Waals surface area contributed by atoms with Crippen molar-refractivity contribution in [2.24, 2.45) is 0 Å². The van der Waals surface area contributed by atoms with E-state index in [0.29, 0.717) is 11.8 Å². The van der Waals surface area contributed by atoms with Crippen LogP contribution in [0.15, 0.2) is 6.08 Å². The van der Waals surface area contributed by atoms with E-state index < -0.39 is 0 Å². The van der Waals surface area contributed by atoms with Gasteiger partial charge in [-0.15, -0.1) is 0 Å². The van der Waals surface area contributed by atoms with Gasteiger partial charge in [0.1, 0.15) is 11.5 Å². The highest BCUT2D eigenvalue weighted by Crippen LogP contribution is 2.40. The molecular weight excluding hydrogens is 324 g/mol. The molecule has 0 unspecified atom stereocenters. The maximum atomic E-state index is 11.1. The Bertz CT molecular complexity index is 565. The van der Waals surface area contributed by atoms with Crippen LogP contribution in [0.25, 0.3) is 6.08 Å². The monoisotopic (exact) mass is 352 g/mol. The lowest BCUT2D eigenvalue weighted by molar-refractivity contribution is 0.112. The Kier molecular flexibility index (Phi) is 9.55. The summed E-state index contributed by atoms with van der Waals surface area (Å²) < 4.78 is 0. The third-order valence-electron chi connectivity index (χ3n) is 4.33. The van der Waals surface area contributed by atoms with E-state index in [4.69, 9.17) is 11.6 Å². The molecule has 0 heterocycles. The Morgan fingerprint density at radius 2 is 1.50 bits per heavy atom. The van der Waals surface area contributed by atoms with E-state index in [0.717, 1.165) is 12.8 Å². The van der Waals surface area contributed by atoms with E-state index in [-0.39, 0.29) is 27.6 Å². The van der Waals surface area contributed by atoms with Crippen LogP contribution < -0.4 is 0 Å². The Labute approximate surface area is 150 Å². The first-order chi connectivity index (χ1) is 11.5. The number of benzene rings is 1. The summed E-state index contributed by atoms with van der Waals surface area (Å²) in [6.45, 7) is 3.82. The Morgan fingerprint density at radius 3 is 2.08 bits per heavy atom. The molecule has 0 bridgehead atoms. The van der Waals surface area contributed by atoms with Gasteiger partial charge in [-0.3, -0.25) is 4.79 Å². The van der Waals surface area contributed by atoms with Crippen LogP contribution in [0.4, 0.5) is 0 Å². The summed E-state index contributed by atoms with van der Waals surface area (Å²) in [5.74, 6) is -0.388. The number of carbonyl (C=O) groups is 1. The predicted octanol–water partition coefficient (Wildman–Crippen LogP) is 6.42. The smallest absolute Gasteiger partial charge is 0.154 e. The molecule has 0 saturated carbocycles. The van der Waals surface area contributed by atoms with E-state index in [2.05, 4.69) is 6.92 Å². The number of phenolic OH excluding ortho intramolecular Hbond substituents is 2. The fraction of sp³-hybridized carbons (Fsp3) is 0.550. The van der Waals surface area contributed by atoms with Crippen molar-refractivity contribution in [3.63, 3.8) is 0 Å². The molecule has 0 atom stereocenters. The van der Waals surface area contributed by atoms with Gasteiger partial charge in [0.25, 0.3) is 0 Å². The third kappa shape index (κ3) is 5.86. The normalized spacial score (nSPS) is 11.3. The molecule has 0 aliphatic heterocycles. The minimum Gasteiger partial charge on any atom is -0.506 e. The molecule has 3 nitrogen and oxygen atoms in total. The van der Waals surface area contributed by atoms with Crippen LogP contribution in [0.3, 0.4) is 0 Å². The van der Waals surface area contributed by atoms with Gasteiger partial charge in [0.2, 0.25) is 0 Å². The average Bonchev–Trinajstić information content (AvgIpc) is 2.58. The molecule has 0 amide bonds. The second-order valence-corrected chi connectivity index (χ2v) is 6.63. The molecule has 4 heteroatoms. The Morgan fingerprint density at radius 1 is 0.917 bits per heavy atom. The van der Waals surface area contributed by atoms with Crippen molar-refractivity contribution in [2.75, 3.05) is 0 Å². The third-order valence-corrected chi connectivity index (χ3v) is 4.80. The molecular formula is C20H29ClO3. The number of carbonyl (C=O) groups excluding carboxylic acids is 1. The minimum atomic E-state index is -0.212. The highest BCUT2D eigenvalue weighted by atomic mass is 35.5. The van der Waals surface area contributed by atoms with Crippen molar-refractivity contribution < 1.29 is 15.0 Å². The van der Waals surface area contributed by atoms with E-state index in [1.807, 2.05) is 6.08 Å². The lowest BCUT2D eigenvalue weighted by Gasteiger charge is -2.11. The number of hydrogen-bond acceptors (Lipinski definition) is 3. The number of aldehydes is 1. The van der Waals surface area contributed by atoms with Gasteiger partial charge in [-0.1, -0.05) is 75.6 Å². The molecule has 0 aliphatic carbocycles. The molecule has 0 saturated heterocycles. The van der Waals surface area contributed by atoms with Crippen molar-refractivity contribution >= 4 is 24.0 Å². The zero-order chi connectivity index (χ0) is 17.9. The summed E-state index contributed by atoms with van der Waals surface area (Å²) in [4.78, 5) is 11.1. The molecule has 0 radical (unpaired) electrons. The summed E-state index contributed by atoms with van der Waals surface area (Å²) in [5.41, 5.74) is 0.735. The summed E-state index contributed by atoms with van der Waals surface area (Å²) >= 11 is 6.02. The van der Waals surface area contributed by atoms with E-state index in [1.165, 1.54) is 44.9 Å². The highest BCUT2D eigenvalue weighted by Gasteiger charge is 2.18. The van der Waals surface area contributed by atoms with Crippen LogP contribution in [0, 0.1) is 6.92 Å². The fourth-order valence-electron chi connectivity index (χ4n) is 2.75. The summed E-state index contributed by atoms with van der Waals surface area (Å²) in [6.07, 6.45) is 15.1. The van der Waals surface area contributed by atoms with Crippen molar-refractivity contribution in [3.8, 4) is 11.5 Å². The van der Waals surface area contributed by atoms with E-state index in [9.17, 15) is 15.0 Å². The van der Waals surface area contributed by atoms with Gasteiger partial charge in [-0.2, -0.15) is 0 Å². The molecule has 1 aromatic carbocycles. The average molecular weight is 353 g/mol. The molecule has 0 fully saturated rings. The number of aromatic hydroxyl groups is 2. The molecule has 1 aromatic rings. The molecule has 2 N–H and O–H groups in total. The maximum absolute atomic E-state index is 11.1. The molecule has 134 valence electrons. The van der Waals surface area contributed by atoms with Crippen LogP contribution in [-0.2, 0) is 0 Å². The second kappa shape index (κ2) is 11.1. The van der Waals surface area contributed by atoms with Crippen molar-refractivity contribution in [2.45, 2.75) is 71.6 Å². The SMILES string of the molecule is CCCCCCCCCC/C=C/c1c(O)c(Cl)c(C)c(C=O)c1O. The van der Waals surface area contributed by atoms with Gasteiger partial charge in [0.05, 0.1) is 16.1 Å². The minimum absolute atomic E-state index is 0.113. The summed E-state index contributed by atoms with van der Waals surface area (Å²) in [7, 11) is 0. The van der Waals surface area contributed by atoms with Crippen LogP contribution in [0.1, 0.15) is 86.2 Å². The van der Waals surface area contributed by atoms with Crippen molar-refractivity contribution in [1.82, 2.24) is 0 Å². The predicted molar refractivity (Wildman–Crippen MR) is 101 cm³/mol. The van der Waals surface area contributed by atoms with E-state index >= 15 is 0 Å². The number of rotatable bonds is 11. The van der Waals surface area contributed by atoms with Crippen LogP contribution in [0.5, 0.6) is 11.5 Å². The molecule has 24 heavy (non-hydrogen) atoms. The topological polar surface area (TPSA) is 57.5 Å². The summed E-state index contributed by atoms with van der Waals surface area (Å²) in [6, 6.07) is 0. The number of halogens is 1.